The Morgan fingerprint density at radius 2 is 2.25 bits per heavy atom. The summed E-state index contributed by atoms with van der Waals surface area (Å²) in [4.78, 5) is 11.4. The summed E-state index contributed by atoms with van der Waals surface area (Å²) >= 11 is -2.56. The van der Waals surface area contributed by atoms with Crippen LogP contribution in [-0.2, 0) is 16.1 Å². The van der Waals surface area contributed by atoms with Crippen molar-refractivity contribution in [1.29, 1.82) is 0 Å². The van der Waals surface area contributed by atoms with E-state index in [1.807, 2.05) is 17.7 Å². The van der Waals surface area contributed by atoms with Gasteiger partial charge >= 0.3 is 0 Å². The molecule has 0 aromatic heterocycles. The molecule has 0 aliphatic carbocycles. The van der Waals surface area contributed by atoms with E-state index in [4.69, 9.17) is 0 Å². The minimum Gasteiger partial charge on any atom is -0.755 e. The van der Waals surface area contributed by atoms with Crippen molar-refractivity contribution in [1.82, 2.24) is 4.72 Å². The summed E-state index contributed by atoms with van der Waals surface area (Å²) in [6.07, 6.45) is 7.70. The largest absolute Gasteiger partial charge is 0.755 e. The highest BCUT2D eigenvalue weighted by Gasteiger charge is 2.15. The molecule has 5 heteroatoms. The van der Waals surface area contributed by atoms with Gasteiger partial charge in [0.05, 0.1) is 5.92 Å². The Morgan fingerprint density at radius 1 is 1.62 bits per heavy atom. The molecule has 16 heavy (non-hydrogen) atoms. The summed E-state index contributed by atoms with van der Waals surface area (Å²) < 4.78 is 22.5. The third-order valence-corrected chi connectivity index (χ3v) is 2.31. The van der Waals surface area contributed by atoms with E-state index >= 15 is 0 Å². The van der Waals surface area contributed by atoms with Crippen molar-refractivity contribution in [2.45, 2.75) is 20.3 Å². The Labute approximate surface area is 98.5 Å². The molecule has 0 aliphatic rings. The summed E-state index contributed by atoms with van der Waals surface area (Å²) in [5, 5.41) is 0. The van der Waals surface area contributed by atoms with E-state index in [9.17, 15) is 13.6 Å². The van der Waals surface area contributed by atoms with Crippen LogP contribution in [0.2, 0.25) is 0 Å². The summed E-state index contributed by atoms with van der Waals surface area (Å²) in [6.45, 7) is 7.12. The summed E-state index contributed by atoms with van der Waals surface area (Å²) in [5.74, 6) is -1.05. The first-order chi connectivity index (χ1) is 7.52. The highest BCUT2D eigenvalue weighted by molar-refractivity contribution is 7.77. The molecule has 0 rings (SSSR count). The fourth-order valence-corrected chi connectivity index (χ4v) is 1.47. The van der Waals surface area contributed by atoms with Crippen LogP contribution in [0.3, 0.4) is 0 Å². The monoisotopic (exact) mass is 242 g/mol. The average molecular weight is 242 g/mol. The molecule has 1 amide bonds. The predicted molar refractivity (Wildman–Crippen MR) is 63.9 cm³/mol. The van der Waals surface area contributed by atoms with Crippen LogP contribution < -0.4 is 4.72 Å². The van der Waals surface area contributed by atoms with Gasteiger partial charge in [-0.25, -0.2) is 0 Å². The lowest BCUT2D eigenvalue weighted by Gasteiger charge is -2.14. The number of allylic oxidation sites excluding steroid dienone is 4. The van der Waals surface area contributed by atoms with Gasteiger partial charge in [-0.3, -0.25) is 13.7 Å². The Kier molecular flexibility index (Phi) is 7.41. The van der Waals surface area contributed by atoms with Gasteiger partial charge < -0.3 is 4.55 Å². The van der Waals surface area contributed by atoms with Crippen molar-refractivity contribution in [2.75, 3.05) is 0 Å². The van der Waals surface area contributed by atoms with Gasteiger partial charge in [0.2, 0.25) is 5.91 Å². The van der Waals surface area contributed by atoms with Crippen molar-refractivity contribution < 1.29 is 13.6 Å². The molecule has 0 saturated heterocycles. The van der Waals surface area contributed by atoms with Gasteiger partial charge in [0.15, 0.2) is 0 Å². The second-order valence-corrected chi connectivity index (χ2v) is 3.80. The zero-order chi connectivity index (χ0) is 12.6. The Bertz CT molecular complexity index is 334. The Morgan fingerprint density at radius 3 is 2.69 bits per heavy atom. The standard InChI is InChI=1S/C11H17NO3S/c1-4-6-8-10(7-5-2)9(3)11(13)12-16(14)15/h4,6-9H,1,5H2,2-3H3,(H,12,13)(H,14,15)/p-1/b8-6-,10-7+. The zero-order valence-electron chi connectivity index (χ0n) is 9.43. The van der Waals surface area contributed by atoms with Crippen molar-refractivity contribution in [3.05, 3.63) is 36.5 Å². The van der Waals surface area contributed by atoms with Crippen LogP contribution in [0.1, 0.15) is 20.3 Å². The number of rotatable bonds is 6. The van der Waals surface area contributed by atoms with E-state index < -0.39 is 23.1 Å². The lowest BCUT2D eigenvalue weighted by Crippen LogP contribution is -2.31. The number of hydrogen-bond acceptors (Lipinski definition) is 3. The lowest BCUT2D eigenvalue weighted by atomic mass is 9.99. The smallest absolute Gasteiger partial charge is 0.238 e. The number of amides is 1. The van der Waals surface area contributed by atoms with Crippen molar-refractivity contribution in [2.24, 2.45) is 5.92 Å². The highest BCUT2D eigenvalue weighted by atomic mass is 32.2. The van der Waals surface area contributed by atoms with Crippen LogP contribution in [0.15, 0.2) is 36.5 Å². The summed E-state index contributed by atoms with van der Waals surface area (Å²) in [6, 6.07) is 0. The van der Waals surface area contributed by atoms with E-state index in [0.29, 0.717) is 0 Å². The van der Waals surface area contributed by atoms with E-state index in [1.165, 1.54) is 0 Å². The summed E-state index contributed by atoms with van der Waals surface area (Å²) in [7, 11) is 0. The van der Waals surface area contributed by atoms with Crippen molar-refractivity contribution in [3.8, 4) is 0 Å². The van der Waals surface area contributed by atoms with Gasteiger partial charge in [-0.2, -0.15) is 0 Å². The van der Waals surface area contributed by atoms with E-state index in [2.05, 4.69) is 6.58 Å². The quantitative estimate of drug-likeness (QED) is 0.568. The lowest BCUT2D eigenvalue weighted by molar-refractivity contribution is -0.121. The van der Waals surface area contributed by atoms with Gasteiger partial charge in [0.25, 0.3) is 0 Å². The summed E-state index contributed by atoms with van der Waals surface area (Å²) in [5.41, 5.74) is 0.769. The maximum absolute atomic E-state index is 11.4. The minimum absolute atomic E-state index is 0.506. The number of nitrogens with one attached hydrogen (secondary N) is 1. The van der Waals surface area contributed by atoms with Crippen molar-refractivity contribution in [3.63, 3.8) is 0 Å². The molecule has 0 saturated carbocycles. The van der Waals surface area contributed by atoms with Crippen LogP contribution >= 0.6 is 0 Å². The first kappa shape index (κ1) is 14.8. The Balaban J connectivity index is 4.73. The second kappa shape index (κ2) is 8.01. The molecule has 0 fully saturated rings. The molecule has 0 spiro atoms. The first-order valence-electron chi connectivity index (χ1n) is 4.91. The van der Waals surface area contributed by atoms with Crippen LogP contribution in [0, 0.1) is 5.92 Å². The zero-order valence-corrected chi connectivity index (χ0v) is 10.3. The molecule has 0 aromatic carbocycles. The highest BCUT2D eigenvalue weighted by Crippen LogP contribution is 2.13. The van der Waals surface area contributed by atoms with E-state index in [-0.39, 0.29) is 0 Å². The predicted octanol–water partition coefficient (Wildman–Crippen LogP) is 1.61. The van der Waals surface area contributed by atoms with Crippen LogP contribution in [0.25, 0.3) is 0 Å². The van der Waals surface area contributed by atoms with E-state index in [1.54, 1.807) is 25.2 Å². The van der Waals surface area contributed by atoms with E-state index in [0.717, 1.165) is 12.0 Å². The van der Waals surface area contributed by atoms with Crippen molar-refractivity contribution >= 4 is 17.2 Å². The molecule has 0 bridgehead atoms. The normalized spacial score (nSPS) is 15.8. The van der Waals surface area contributed by atoms with Gasteiger partial charge in [-0.1, -0.05) is 37.8 Å². The SMILES string of the molecule is C=C/C=C\C(=C/CC)C(C)C(=O)NS(=O)[O-]. The molecule has 2 atom stereocenters. The van der Waals surface area contributed by atoms with Crippen LogP contribution in [0.4, 0.5) is 0 Å². The molecule has 4 nitrogen and oxygen atoms in total. The number of hydrogen-bond donors (Lipinski definition) is 1. The molecule has 2 unspecified atom stereocenters. The molecule has 0 radical (unpaired) electrons. The fraction of sp³-hybridized carbons (Fsp3) is 0.364. The first-order valence-corrected chi connectivity index (χ1v) is 5.99. The molecular formula is C11H16NO3S-. The number of carbonyl (C=O) groups is 1. The Hall–Kier alpha value is -1.20. The number of carbonyl (C=O) groups excluding carboxylic acids is 1. The van der Waals surface area contributed by atoms with Gasteiger partial charge in [0.1, 0.15) is 0 Å². The van der Waals surface area contributed by atoms with Gasteiger partial charge in [-0.15, -0.1) is 0 Å². The maximum Gasteiger partial charge on any atom is 0.238 e. The molecule has 0 aromatic rings. The van der Waals surface area contributed by atoms with Gasteiger partial charge in [-0.05, 0) is 18.9 Å². The molecule has 90 valence electrons. The third-order valence-electron chi connectivity index (χ3n) is 1.94. The average Bonchev–Trinajstić information content (AvgIpc) is 2.22. The molecule has 0 heterocycles. The molecule has 1 N–H and O–H groups in total. The van der Waals surface area contributed by atoms with Gasteiger partial charge in [0, 0.05) is 11.3 Å². The topological polar surface area (TPSA) is 69.2 Å². The third kappa shape index (κ3) is 5.63. The maximum atomic E-state index is 11.4. The van der Waals surface area contributed by atoms with Crippen LogP contribution in [0.5, 0.6) is 0 Å². The van der Waals surface area contributed by atoms with Crippen LogP contribution in [-0.4, -0.2) is 14.7 Å². The molecular weight excluding hydrogens is 226 g/mol. The second-order valence-electron chi connectivity index (χ2n) is 3.13. The fourth-order valence-electron chi connectivity index (χ4n) is 1.13. The molecule has 0 aliphatic heterocycles. The minimum atomic E-state index is -2.56.